The van der Waals surface area contributed by atoms with Gasteiger partial charge < -0.3 is 19.1 Å². The van der Waals surface area contributed by atoms with E-state index in [0.717, 1.165) is 5.56 Å². The first kappa shape index (κ1) is 27.3. The molecule has 0 saturated heterocycles. The van der Waals surface area contributed by atoms with Crippen LogP contribution in [0.2, 0.25) is 0 Å². The van der Waals surface area contributed by atoms with Crippen molar-refractivity contribution in [2.24, 2.45) is 0 Å². The number of likely N-dealkylation sites (N-methyl/N-ethyl adjacent to an activating group) is 1. The summed E-state index contributed by atoms with van der Waals surface area (Å²) in [5.41, 5.74) is 1.34. The molecule has 1 aromatic carbocycles. The fourth-order valence-corrected chi connectivity index (χ4v) is 4.73. The van der Waals surface area contributed by atoms with Gasteiger partial charge in [-0.1, -0.05) is 6.07 Å². The fourth-order valence-electron chi connectivity index (χ4n) is 3.59. The van der Waals surface area contributed by atoms with Crippen molar-refractivity contribution in [2.45, 2.75) is 31.6 Å². The molecular weight excluding hydrogens is 486 g/mol. The molecule has 0 bridgehead atoms. The molecule has 2 heterocycles. The summed E-state index contributed by atoms with van der Waals surface area (Å²) < 4.78 is 47.8. The van der Waals surface area contributed by atoms with Gasteiger partial charge in [0.1, 0.15) is 34.4 Å². The van der Waals surface area contributed by atoms with Crippen LogP contribution in [0.5, 0.6) is 11.5 Å². The Bertz CT molecular complexity index is 1240. The number of aromatic nitrogens is 5. The van der Waals surface area contributed by atoms with Crippen molar-refractivity contribution in [3.05, 3.63) is 47.8 Å². The van der Waals surface area contributed by atoms with Gasteiger partial charge in [-0.3, -0.25) is 9.29 Å². The minimum Gasteiger partial charge on any atom is -0.494 e. The molecule has 0 radical (unpaired) electrons. The van der Waals surface area contributed by atoms with Crippen molar-refractivity contribution in [3.8, 4) is 17.2 Å². The number of anilines is 1. The highest BCUT2D eigenvalue weighted by molar-refractivity contribution is 7.93. The zero-order valence-electron chi connectivity index (χ0n) is 21.6. The van der Waals surface area contributed by atoms with Gasteiger partial charge >= 0.3 is 0 Å². The molecule has 0 fully saturated rings. The molecule has 0 spiro atoms. The smallest absolute Gasteiger partial charge is 0.243 e. The van der Waals surface area contributed by atoms with Crippen LogP contribution in [0.1, 0.15) is 30.2 Å². The van der Waals surface area contributed by atoms with Crippen molar-refractivity contribution in [2.75, 3.05) is 46.7 Å². The number of sulfonamides is 1. The minimum absolute atomic E-state index is 0.00177. The normalized spacial score (nSPS) is 13.4. The highest BCUT2D eigenvalue weighted by Gasteiger charge is 2.34. The number of methoxy groups -OCH3 is 3. The number of rotatable bonds is 12. The molecule has 2 atom stereocenters. The summed E-state index contributed by atoms with van der Waals surface area (Å²) in [6, 6.07) is 5.29. The highest BCUT2D eigenvalue weighted by atomic mass is 32.2. The summed E-state index contributed by atoms with van der Waals surface area (Å²) in [5, 5.41) is 7.41. The van der Waals surface area contributed by atoms with Crippen LogP contribution < -0.4 is 14.2 Å². The van der Waals surface area contributed by atoms with E-state index >= 15 is 0 Å². The lowest BCUT2D eigenvalue weighted by Gasteiger charge is -2.23. The minimum atomic E-state index is -4.04. The van der Waals surface area contributed by atoms with Crippen LogP contribution in [0.25, 0.3) is 5.69 Å². The molecule has 12 nitrogen and oxygen atoms in total. The van der Waals surface area contributed by atoms with Crippen LogP contribution in [-0.4, -0.2) is 85.3 Å². The fraction of sp³-hybridized carbons (Fsp3) is 0.478. The number of hydrogen-bond donors (Lipinski definition) is 1. The maximum Gasteiger partial charge on any atom is 0.243 e. The van der Waals surface area contributed by atoms with Crippen LogP contribution in [0, 0.1) is 6.92 Å². The Morgan fingerprint density at radius 1 is 1.06 bits per heavy atom. The molecule has 0 amide bonds. The molecule has 3 aromatic rings. The molecule has 2 aromatic heterocycles. The summed E-state index contributed by atoms with van der Waals surface area (Å²) in [6.45, 7) is 4.03. The maximum absolute atomic E-state index is 13.5. The van der Waals surface area contributed by atoms with E-state index in [1.165, 1.54) is 28.3 Å². The number of ether oxygens (including phenoxy) is 3. The molecule has 0 aliphatic carbocycles. The van der Waals surface area contributed by atoms with Gasteiger partial charge in [-0.25, -0.2) is 18.4 Å². The first-order valence-electron chi connectivity index (χ1n) is 11.3. The molecule has 196 valence electrons. The summed E-state index contributed by atoms with van der Waals surface area (Å²) in [7, 11) is 4.31. The van der Waals surface area contributed by atoms with Gasteiger partial charge in [0.05, 0.1) is 14.2 Å². The lowest BCUT2D eigenvalue weighted by atomic mass is 10.2. The number of hydrogen-bond acceptors (Lipinski definition) is 10. The predicted molar refractivity (Wildman–Crippen MR) is 135 cm³/mol. The van der Waals surface area contributed by atoms with E-state index in [1.807, 2.05) is 25.9 Å². The number of benzene rings is 1. The van der Waals surface area contributed by atoms with E-state index < -0.39 is 21.4 Å². The second-order valence-electron chi connectivity index (χ2n) is 8.47. The third kappa shape index (κ3) is 5.91. The molecular formula is C23H33N7O5S. The van der Waals surface area contributed by atoms with Gasteiger partial charge in [0, 0.05) is 32.5 Å². The van der Waals surface area contributed by atoms with Gasteiger partial charge in [-0.05, 0) is 45.6 Å². The van der Waals surface area contributed by atoms with Gasteiger partial charge in [0.15, 0.2) is 5.82 Å². The number of aryl methyl sites for hydroxylation is 1. The highest BCUT2D eigenvalue weighted by Crippen LogP contribution is 2.36. The Morgan fingerprint density at radius 2 is 1.67 bits per heavy atom. The van der Waals surface area contributed by atoms with Gasteiger partial charge in [0.2, 0.25) is 16.0 Å². The van der Waals surface area contributed by atoms with E-state index in [-0.39, 0.29) is 11.8 Å². The average Bonchev–Trinajstić information content (AvgIpc) is 3.24. The Labute approximate surface area is 211 Å². The van der Waals surface area contributed by atoms with Gasteiger partial charge in [-0.15, -0.1) is 10.2 Å². The Kier molecular flexibility index (Phi) is 8.82. The SMILES string of the molecule is COc1cccc(OC)c1-n1c(CCN(C)C)nnc1NS(=O)(=O)[C@@H](C)[C@H](OC)c1ncc(C)cn1. The average molecular weight is 520 g/mol. The summed E-state index contributed by atoms with van der Waals surface area (Å²) in [6.07, 6.45) is 2.82. The molecule has 36 heavy (non-hydrogen) atoms. The number of nitrogens with one attached hydrogen (secondary N) is 1. The second kappa shape index (κ2) is 11.6. The Morgan fingerprint density at radius 3 is 2.19 bits per heavy atom. The van der Waals surface area contributed by atoms with Crippen molar-refractivity contribution in [1.29, 1.82) is 0 Å². The largest absolute Gasteiger partial charge is 0.494 e. The molecule has 0 aliphatic rings. The first-order chi connectivity index (χ1) is 17.1. The van der Waals surface area contributed by atoms with Crippen molar-refractivity contribution in [1.82, 2.24) is 29.6 Å². The van der Waals surface area contributed by atoms with Crippen LogP contribution in [0.15, 0.2) is 30.6 Å². The molecule has 0 aliphatic heterocycles. The molecule has 0 unspecified atom stereocenters. The van der Waals surface area contributed by atoms with E-state index in [1.54, 1.807) is 35.2 Å². The molecule has 3 rings (SSSR count). The predicted octanol–water partition coefficient (Wildman–Crippen LogP) is 2.00. The zero-order chi connectivity index (χ0) is 26.5. The monoisotopic (exact) mass is 519 g/mol. The molecule has 1 N–H and O–H groups in total. The van der Waals surface area contributed by atoms with Crippen LogP contribution in [-0.2, 0) is 21.2 Å². The summed E-state index contributed by atoms with van der Waals surface area (Å²) in [5.74, 6) is 1.73. The van der Waals surface area contributed by atoms with Crippen molar-refractivity contribution in [3.63, 3.8) is 0 Å². The van der Waals surface area contributed by atoms with Crippen LogP contribution >= 0.6 is 0 Å². The number of para-hydroxylation sites is 1. The summed E-state index contributed by atoms with van der Waals surface area (Å²) in [4.78, 5) is 10.5. The third-order valence-electron chi connectivity index (χ3n) is 5.60. The lowest BCUT2D eigenvalue weighted by Crippen LogP contribution is -2.33. The first-order valence-corrected chi connectivity index (χ1v) is 12.8. The van der Waals surface area contributed by atoms with E-state index in [9.17, 15) is 8.42 Å². The van der Waals surface area contributed by atoms with Crippen molar-refractivity contribution < 1.29 is 22.6 Å². The van der Waals surface area contributed by atoms with E-state index in [0.29, 0.717) is 36.0 Å². The van der Waals surface area contributed by atoms with E-state index in [4.69, 9.17) is 14.2 Å². The third-order valence-corrected chi connectivity index (χ3v) is 7.29. The van der Waals surface area contributed by atoms with Gasteiger partial charge in [0.25, 0.3) is 0 Å². The second-order valence-corrected chi connectivity index (χ2v) is 10.5. The van der Waals surface area contributed by atoms with E-state index in [2.05, 4.69) is 24.9 Å². The lowest BCUT2D eigenvalue weighted by molar-refractivity contribution is 0.0949. The van der Waals surface area contributed by atoms with Crippen molar-refractivity contribution >= 4 is 16.0 Å². The zero-order valence-corrected chi connectivity index (χ0v) is 22.4. The number of nitrogens with zero attached hydrogens (tertiary/aromatic N) is 6. The topological polar surface area (TPSA) is 134 Å². The molecule has 0 saturated carbocycles. The quantitative estimate of drug-likeness (QED) is 0.379. The van der Waals surface area contributed by atoms with Crippen LogP contribution in [0.4, 0.5) is 5.95 Å². The standard InChI is InChI=1S/C23H33N7O5S/c1-15-13-24-22(25-14-15)21(35-7)16(2)36(31,32)28-23-27-26-19(11-12-29(3)4)30(23)20-17(33-5)9-8-10-18(20)34-6/h8-10,13-14,16,21H,11-12H2,1-7H3,(H,27,28)/t16-,21-/m0/s1. The maximum atomic E-state index is 13.5. The molecule has 13 heteroatoms. The summed E-state index contributed by atoms with van der Waals surface area (Å²) >= 11 is 0. The Balaban J connectivity index is 2.06. The van der Waals surface area contributed by atoms with Crippen LogP contribution in [0.3, 0.4) is 0 Å². The van der Waals surface area contributed by atoms with Gasteiger partial charge in [-0.2, -0.15) is 0 Å². The Hall–Kier alpha value is -3.29.